The number of fused-ring (bicyclic) bond motifs is 3. The maximum Gasteiger partial charge on any atom is 0.243 e. The molecule has 0 N–H and O–H groups in total. The SMILES string of the molecule is Cc1ccc(S(=O)(=O)c2cc3c(c4c2CCC4)CN(S(=O)(=O)c2ccc(C)cc2)C3)cc1. The van der Waals surface area contributed by atoms with Crippen molar-refractivity contribution in [1.82, 2.24) is 4.31 Å². The summed E-state index contributed by atoms with van der Waals surface area (Å²) in [4.78, 5) is 0.876. The first-order valence-corrected chi connectivity index (χ1v) is 13.7. The molecular weight excluding hydrogens is 442 g/mol. The molecule has 0 amide bonds. The molecule has 0 spiro atoms. The first-order chi connectivity index (χ1) is 15.2. The van der Waals surface area contributed by atoms with Crippen LogP contribution in [0.25, 0.3) is 0 Å². The number of nitrogens with zero attached hydrogens (tertiary/aromatic N) is 1. The molecule has 0 fully saturated rings. The Labute approximate surface area is 189 Å². The highest BCUT2D eigenvalue weighted by molar-refractivity contribution is 7.91. The summed E-state index contributed by atoms with van der Waals surface area (Å²) in [5.41, 5.74) is 5.66. The third-order valence-corrected chi connectivity index (χ3v) is 10.2. The van der Waals surface area contributed by atoms with Gasteiger partial charge in [0.05, 0.1) is 14.7 Å². The number of sulfonamides is 1. The molecule has 7 heteroatoms. The number of hydrogen-bond donors (Lipinski definition) is 0. The molecule has 0 atom stereocenters. The van der Waals surface area contributed by atoms with Crippen molar-refractivity contribution < 1.29 is 16.8 Å². The Hall–Kier alpha value is -2.48. The van der Waals surface area contributed by atoms with E-state index in [4.69, 9.17) is 0 Å². The van der Waals surface area contributed by atoms with E-state index in [1.54, 1.807) is 54.6 Å². The number of aryl methyl sites for hydroxylation is 2. The lowest BCUT2D eigenvalue weighted by Gasteiger charge is -2.16. The average Bonchev–Trinajstić information content (AvgIpc) is 3.41. The molecule has 3 aromatic carbocycles. The zero-order valence-corrected chi connectivity index (χ0v) is 19.8. The van der Waals surface area contributed by atoms with Gasteiger partial charge in [-0.3, -0.25) is 0 Å². The summed E-state index contributed by atoms with van der Waals surface area (Å²) in [5.74, 6) is 0. The van der Waals surface area contributed by atoms with Crippen molar-refractivity contribution in [3.05, 3.63) is 88.0 Å². The van der Waals surface area contributed by atoms with E-state index in [-0.39, 0.29) is 16.3 Å². The van der Waals surface area contributed by atoms with Crippen LogP contribution in [0, 0.1) is 13.8 Å². The van der Waals surface area contributed by atoms with Gasteiger partial charge in [0, 0.05) is 13.1 Å². The minimum Gasteiger partial charge on any atom is -0.219 e. The van der Waals surface area contributed by atoms with E-state index >= 15 is 0 Å². The van der Waals surface area contributed by atoms with E-state index in [0.29, 0.717) is 17.9 Å². The largest absolute Gasteiger partial charge is 0.243 e. The Morgan fingerprint density at radius 1 is 0.688 bits per heavy atom. The Morgan fingerprint density at radius 3 is 1.88 bits per heavy atom. The topological polar surface area (TPSA) is 71.5 Å². The minimum atomic E-state index is -3.68. The van der Waals surface area contributed by atoms with E-state index < -0.39 is 19.9 Å². The summed E-state index contributed by atoms with van der Waals surface area (Å²) in [6.45, 7) is 4.32. The van der Waals surface area contributed by atoms with Crippen LogP contribution in [-0.4, -0.2) is 21.1 Å². The quantitative estimate of drug-likeness (QED) is 0.573. The third-order valence-electron chi connectivity index (χ3n) is 6.53. The van der Waals surface area contributed by atoms with Gasteiger partial charge >= 0.3 is 0 Å². The second kappa shape index (κ2) is 7.54. The Balaban J connectivity index is 1.58. The molecule has 5 rings (SSSR count). The van der Waals surface area contributed by atoms with Gasteiger partial charge in [0.1, 0.15) is 0 Å². The summed E-state index contributed by atoms with van der Waals surface area (Å²) in [6.07, 6.45) is 2.37. The van der Waals surface area contributed by atoms with E-state index in [1.807, 2.05) is 13.8 Å². The lowest BCUT2D eigenvalue weighted by molar-refractivity contribution is 0.431. The van der Waals surface area contributed by atoms with Gasteiger partial charge in [-0.15, -0.1) is 0 Å². The van der Waals surface area contributed by atoms with Crippen molar-refractivity contribution in [3.8, 4) is 0 Å². The minimum absolute atomic E-state index is 0.190. The van der Waals surface area contributed by atoms with Crippen molar-refractivity contribution >= 4 is 19.9 Å². The van der Waals surface area contributed by atoms with E-state index in [2.05, 4.69) is 0 Å². The number of rotatable bonds is 4. The second-order valence-corrected chi connectivity index (χ2v) is 12.6. The first-order valence-electron chi connectivity index (χ1n) is 10.7. The highest BCUT2D eigenvalue weighted by atomic mass is 32.2. The number of sulfone groups is 1. The highest BCUT2D eigenvalue weighted by Gasteiger charge is 2.36. The molecule has 1 aliphatic heterocycles. The fourth-order valence-electron chi connectivity index (χ4n) is 4.75. The van der Waals surface area contributed by atoms with Gasteiger partial charge in [0.15, 0.2) is 0 Å². The lowest BCUT2D eigenvalue weighted by atomic mass is 10.00. The van der Waals surface area contributed by atoms with Gasteiger partial charge in [0.2, 0.25) is 19.9 Å². The molecule has 0 aromatic heterocycles. The molecule has 166 valence electrons. The first kappa shape index (κ1) is 21.4. The lowest BCUT2D eigenvalue weighted by Crippen LogP contribution is -2.25. The van der Waals surface area contributed by atoms with Gasteiger partial charge < -0.3 is 0 Å². The van der Waals surface area contributed by atoms with Crippen LogP contribution in [0.3, 0.4) is 0 Å². The summed E-state index contributed by atoms with van der Waals surface area (Å²) < 4.78 is 55.0. The van der Waals surface area contributed by atoms with Crippen LogP contribution in [0.2, 0.25) is 0 Å². The smallest absolute Gasteiger partial charge is 0.219 e. The van der Waals surface area contributed by atoms with E-state index in [1.165, 1.54) is 4.31 Å². The Kier molecular flexibility index (Phi) is 5.04. The predicted molar refractivity (Wildman–Crippen MR) is 123 cm³/mol. The normalized spacial score (nSPS) is 16.2. The molecule has 3 aromatic rings. The van der Waals surface area contributed by atoms with E-state index in [9.17, 15) is 16.8 Å². The van der Waals surface area contributed by atoms with Crippen molar-refractivity contribution in [2.24, 2.45) is 0 Å². The summed E-state index contributed by atoms with van der Waals surface area (Å²) in [6, 6.07) is 15.5. The predicted octanol–water partition coefficient (Wildman–Crippen LogP) is 4.33. The standard InChI is InChI=1S/C25H25NO4S2/c1-17-6-10-20(11-7-17)31(27,28)25-14-19-15-26(16-24(19)22-4-3-5-23(22)25)32(29,30)21-12-8-18(2)9-13-21/h6-14H,3-5,15-16H2,1-2H3. The third kappa shape index (κ3) is 3.39. The van der Waals surface area contributed by atoms with Crippen LogP contribution in [0.5, 0.6) is 0 Å². The van der Waals surface area contributed by atoms with Crippen molar-refractivity contribution in [2.45, 2.75) is 60.9 Å². The zero-order valence-electron chi connectivity index (χ0n) is 18.1. The Bertz CT molecular complexity index is 1420. The average molecular weight is 468 g/mol. The molecule has 1 aliphatic carbocycles. The molecule has 5 nitrogen and oxygen atoms in total. The van der Waals surface area contributed by atoms with Gasteiger partial charge in [-0.1, -0.05) is 35.4 Å². The van der Waals surface area contributed by atoms with Crippen molar-refractivity contribution in [3.63, 3.8) is 0 Å². The Morgan fingerprint density at radius 2 is 1.25 bits per heavy atom. The van der Waals surface area contributed by atoms with Crippen LogP contribution in [0.4, 0.5) is 0 Å². The van der Waals surface area contributed by atoms with Gasteiger partial charge in [-0.25, -0.2) is 16.8 Å². The van der Waals surface area contributed by atoms with Gasteiger partial charge in [-0.05, 0) is 85.7 Å². The van der Waals surface area contributed by atoms with Crippen LogP contribution in [-0.2, 0) is 45.8 Å². The molecular formula is C25H25NO4S2. The molecule has 2 aliphatic rings. The maximum atomic E-state index is 13.5. The maximum absolute atomic E-state index is 13.5. The monoisotopic (exact) mass is 467 g/mol. The van der Waals surface area contributed by atoms with Crippen molar-refractivity contribution in [1.29, 1.82) is 0 Å². The molecule has 32 heavy (non-hydrogen) atoms. The van der Waals surface area contributed by atoms with Crippen LogP contribution >= 0.6 is 0 Å². The zero-order chi connectivity index (χ0) is 22.7. The summed E-state index contributed by atoms with van der Waals surface area (Å²) >= 11 is 0. The van der Waals surface area contributed by atoms with Crippen LogP contribution < -0.4 is 0 Å². The highest BCUT2D eigenvalue weighted by Crippen LogP contribution is 2.40. The molecule has 0 saturated carbocycles. The fourth-order valence-corrected chi connectivity index (χ4v) is 7.73. The van der Waals surface area contributed by atoms with Crippen molar-refractivity contribution in [2.75, 3.05) is 0 Å². The fraction of sp³-hybridized carbons (Fsp3) is 0.280. The van der Waals surface area contributed by atoms with Gasteiger partial charge in [0.25, 0.3) is 0 Å². The summed E-state index contributed by atoms with van der Waals surface area (Å²) in [5, 5.41) is 0. The molecule has 1 heterocycles. The van der Waals surface area contributed by atoms with Gasteiger partial charge in [-0.2, -0.15) is 4.31 Å². The number of hydrogen-bond acceptors (Lipinski definition) is 4. The molecule has 0 bridgehead atoms. The van der Waals surface area contributed by atoms with E-state index in [0.717, 1.165) is 46.2 Å². The summed E-state index contributed by atoms with van der Waals surface area (Å²) in [7, 11) is -7.34. The van der Waals surface area contributed by atoms with Crippen LogP contribution in [0.1, 0.15) is 39.8 Å². The van der Waals surface area contributed by atoms with Crippen LogP contribution in [0.15, 0.2) is 69.3 Å². The molecule has 0 unspecified atom stereocenters. The second-order valence-electron chi connectivity index (χ2n) is 8.73. The molecule has 0 radical (unpaired) electrons. The number of benzene rings is 3. The molecule has 0 saturated heterocycles.